The fraction of sp³-hybridized carbons (Fsp3) is 0.674. The lowest BCUT2D eigenvalue weighted by atomic mass is 9.99. The van der Waals surface area contributed by atoms with Crippen LogP contribution in [0.5, 0.6) is 0 Å². The van der Waals surface area contributed by atoms with Crippen molar-refractivity contribution in [3.8, 4) is 0 Å². The van der Waals surface area contributed by atoms with Crippen LogP contribution in [0.1, 0.15) is 142 Å². The molecule has 1 amide bonds. The number of amides is 1. The van der Waals surface area contributed by atoms with Gasteiger partial charge in [-0.25, -0.2) is 0 Å². The summed E-state index contributed by atoms with van der Waals surface area (Å²) in [5.41, 5.74) is 0. The Morgan fingerprint density at radius 3 is 1.64 bits per heavy atom. The minimum Gasteiger partial charge on any atom is -0.394 e. The average Bonchev–Trinajstić information content (AvgIpc) is 3.18. The Kier molecular flexibility index (Phi) is 32.8. The van der Waals surface area contributed by atoms with Gasteiger partial charge in [0.05, 0.1) is 25.4 Å². The van der Waals surface area contributed by atoms with Gasteiger partial charge in [0.1, 0.15) is 24.4 Å². The van der Waals surface area contributed by atoms with Gasteiger partial charge < -0.3 is 40.3 Å². The van der Waals surface area contributed by atoms with Gasteiger partial charge in [0, 0.05) is 6.42 Å². The maximum absolute atomic E-state index is 12.7. The lowest BCUT2D eigenvalue weighted by Crippen LogP contribution is -2.60. The van der Waals surface area contributed by atoms with Gasteiger partial charge in [0.2, 0.25) is 5.91 Å². The van der Waals surface area contributed by atoms with Gasteiger partial charge >= 0.3 is 0 Å². The van der Waals surface area contributed by atoms with Crippen LogP contribution in [0.15, 0.2) is 85.1 Å². The third-order valence-corrected chi connectivity index (χ3v) is 9.46. The minimum absolute atomic E-state index is 0.200. The second kappa shape index (κ2) is 35.8. The van der Waals surface area contributed by atoms with Crippen molar-refractivity contribution >= 4 is 5.91 Å². The highest BCUT2D eigenvalue weighted by atomic mass is 16.7. The van der Waals surface area contributed by atoms with E-state index < -0.39 is 49.5 Å². The number of rotatable bonds is 33. The van der Waals surface area contributed by atoms with Gasteiger partial charge in [0.15, 0.2) is 6.29 Å². The zero-order valence-electron chi connectivity index (χ0n) is 34.1. The molecule has 1 heterocycles. The van der Waals surface area contributed by atoms with Gasteiger partial charge in [-0.05, 0) is 64.2 Å². The van der Waals surface area contributed by atoms with Gasteiger partial charge in [0.25, 0.3) is 0 Å². The number of unbranched alkanes of at least 4 members (excludes halogenated alkanes) is 11. The Labute approximate surface area is 333 Å². The molecule has 1 fully saturated rings. The number of aliphatic hydroxyl groups is 5. The van der Waals surface area contributed by atoms with Crippen molar-refractivity contribution in [2.24, 2.45) is 0 Å². The van der Waals surface area contributed by atoms with E-state index in [1.165, 1.54) is 38.5 Å². The first-order chi connectivity index (χ1) is 26.8. The van der Waals surface area contributed by atoms with E-state index in [1.807, 2.05) is 13.0 Å². The molecule has 7 atom stereocenters. The quantitative estimate of drug-likeness (QED) is 0.0288. The minimum atomic E-state index is -1.57. The van der Waals surface area contributed by atoms with E-state index in [-0.39, 0.29) is 12.5 Å². The third-order valence-electron chi connectivity index (χ3n) is 9.46. The maximum atomic E-state index is 12.7. The molecule has 9 nitrogen and oxygen atoms in total. The van der Waals surface area contributed by atoms with E-state index in [9.17, 15) is 30.3 Å². The lowest BCUT2D eigenvalue weighted by molar-refractivity contribution is -0.302. The second-order valence-electron chi connectivity index (χ2n) is 14.4. The van der Waals surface area contributed by atoms with Gasteiger partial charge in [-0.15, -0.1) is 0 Å². The summed E-state index contributed by atoms with van der Waals surface area (Å²) in [6.07, 6.45) is 43.0. The van der Waals surface area contributed by atoms with Crippen LogP contribution < -0.4 is 5.32 Å². The summed E-state index contributed by atoms with van der Waals surface area (Å²) in [4.78, 5) is 12.7. The van der Waals surface area contributed by atoms with Crippen LogP contribution in [-0.2, 0) is 14.3 Å². The highest BCUT2D eigenvalue weighted by molar-refractivity contribution is 5.76. The van der Waals surface area contributed by atoms with Crippen LogP contribution in [0.2, 0.25) is 0 Å². The molecule has 0 aromatic carbocycles. The van der Waals surface area contributed by atoms with Crippen LogP contribution in [0.4, 0.5) is 0 Å². The Hall–Kier alpha value is -2.63. The average molecular weight is 772 g/mol. The van der Waals surface area contributed by atoms with Crippen molar-refractivity contribution in [1.82, 2.24) is 5.32 Å². The summed E-state index contributed by atoms with van der Waals surface area (Å²) in [7, 11) is 0. The van der Waals surface area contributed by atoms with Gasteiger partial charge in [-0.2, -0.15) is 0 Å². The molecule has 0 aromatic rings. The number of ether oxygens (including phenoxy) is 2. The first kappa shape index (κ1) is 50.4. The zero-order chi connectivity index (χ0) is 40.2. The number of carbonyl (C=O) groups excluding carboxylic acids is 1. The highest BCUT2D eigenvalue weighted by Crippen LogP contribution is 2.22. The Balaban J connectivity index is 2.09. The summed E-state index contributed by atoms with van der Waals surface area (Å²) >= 11 is 0. The molecular formula is C46H77NO8. The van der Waals surface area contributed by atoms with Crippen LogP contribution >= 0.6 is 0 Å². The molecule has 7 unspecified atom stereocenters. The Morgan fingerprint density at radius 2 is 1.13 bits per heavy atom. The molecule has 9 heteroatoms. The fourth-order valence-corrected chi connectivity index (χ4v) is 6.05. The zero-order valence-corrected chi connectivity index (χ0v) is 34.1. The summed E-state index contributed by atoms with van der Waals surface area (Å²) in [5, 5.41) is 53.3. The molecular weight excluding hydrogens is 695 g/mol. The number of nitrogens with one attached hydrogen (secondary N) is 1. The molecule has 1 aliphatic heterocycles. The van der Waals surface area contributed by atoms with Crippen molar-refractivity contribution in [2.45, 2.75) is 185 Å². The number of hydrogen-bond acceptors (Lipinski definition) is 8. The van der Waals surface area contributed by atoms with E-state index in [1.54, 1.807) is 6.08 Å². The van der Waals surface area contributed by atoms with Crippen LogP contribution in [-0.4, -0.2) is 87.5 Å². The predicted molar refractivity (Wildman–Crippen MR) is 225 cm³/mol. The summed E-state index contributed by atoms with van der Waals surface area (Å²) in [5.74, 6) is -0.200. The van der Waals surface area contributed by atoms with E-state index >= 15 is 0 Å². The maximum Gasteiger partial charge on any atom is 0.220 e. The number of allylic oxidation sites excluding steroid dienone is 13. The molecule has 0 spiro atoms. The van der Waals surface area contributed by atoms with Crippen molar-refractivity contribution in [3.63, 3.8) is 0 Å². The van der Waals surface area contributed by atoms with Crippen molar-refractivity contribution in [2.75, 3.05) is 13.2 Å². The third kappa shape index (κ3) is 26.8. The second-order valence-corrected chi connectivity index (χ2v) is 14.4. The topological polar surface area (TPSA) is 149 Å². The molecule has 0 aromatic heterocycles. The molecule has 0 saturated carbocycles. The molecule has 6 N–H and O–H groups in total. The van der Waals surface area contributed by atoms with Gasteiger partial charge in [-0.1, -0.05) is 157 Å². The van der Waals surface area contributed by atoms with Crippen LogP contribution in [0.25, 0.3) is 0 Å². The highest BCUT2D eigenvalue weighted by Gasteiger charge is 2.44. The number of carbonyl (C=O) groups is 1. The standard InChI is InChI=1S/C46H77NO8/c1-3-5-7-8-9-10-11-12-13-14-15-16-17-18-19-20-21-22-23-24-25-26-27-28-29-30-31-32-34-36-42(50)47-39(40(49)35-33-6-4-2)38-54-46-45(53)44(52)43(51)41(37-48)55-46/h5,7,9-10,12-13,15-16,18-19,21-22,33,35,39-41,43-46,48-49,51-53H,3-4,6,8,11,14,17,20,23-32,34,36-38H2,1-2H3,(H,47,50)/b7-5-,10-9-,13-12-,16-15-,19-18-,22-21-,35-33+. The molecule has 1 saturated heterocycles. The molecule has 0 aliphatic carbocycles. The van der Waals surface area contributed by atoms with E-state index in [4.69, 9.17) is 9.47 Å². The summed E-state index contributed by atoms with van der Waals surface area (Å²) in [6.45, 7) is 3.41. The smallest absolute Gasteiger partial charge is 0.220 e. The summed E-state index contributed by atoms with van der Waals surface area (Å²) < 4.78 is 11.0. The van der Waals surface area contributed by atoms with Crippen LogP contribution in [0.3, 0.4) is 0 Å². The fourth-order valence-electron chi connectivity index (χ4n) is 6.05. The first-order valence-corrected chi connectivity index (χ1v) is 21.3. The lowest BCUT2D eigenvalue weighted by Gasteiger charge is -2.40. The monoisotopic (exact) mass is 772 g/mol. The van der Waals surface area contributed by atoms with E-state index in [0.29, 0.717) is 6.42 Å². The molecule has 55 heavy (non-hydrogen) atoms. The van der Waals surface area contributed by atoms with Crippen molar-refractivity contribution < 1.29 is 39.8 Å². The normalized spacial score (nSPS) is 22.2. The Bertz CT molecular complexity index is 1130. The van der Waals surface area contributed by atoms with Gasteiger partial charge in [-0.3, -0.25) is 4.79 Å². The Morgan fingerprint density at radius 1 is 0.636 bits per heavy atom. The van der Waals surface area contributed by atoms with Crippen molar-refractivity contribution in [1.29, 1.82) is 0 Å². The van der Waals surface area contributed by atoms with E-state index in [0.717, 1.165) is 83.5 Å². The first-order valence-electron chi connectivity index (χ1n) is 21.3. The molecule has 1 rings (SSSR count). The largest absolute Gasteiger partial charge is 0.394 e. The SMILES string of the molecule is CC/C=C\C/C=C\C/C=C\C/C=C\C/C=C\C/C=C\CCCCCCCCCCCCC(=O)NC(COC1OC(CO)C(O)C(O)C1O)C(O)/C=C/CCC. The molecule has 0 radical (unpaired) electrons. The van der Waals surface area contributed by atoms with Crippen LogP contribution in [0, 0.1) is 0 Å². The predicted octanol–water partition coefficient (Wildman–Crippen LogP) is 8.38. The number of hydrogen-bond donors (Lipinski definition) is 6. The molecule has 1 aliphatic rings. The van der Waals surface area contributed by atoms with Crippen molar-refractivity contribution in [3.05, 3.63) is 85.1 Å². The molecule has 314 valence electrons. The summed E-state index contributed by atoms with van der Waals surface area (Å²) in [6, 6.07) is -0.807. The molecule has 0 bridgehead atoms. The van der Waals surface area contributed by atoms with E-state index in [2.05, 4.69) is 85.2 Å². The number of aliphatic hydroxyl groups excluding tert-OH is 5.